The van der Waals surface area contributed by atoms with Gasteiger partial charge in [-0.15, -0.1) is 16.4 Å². The Balaban J connectivity index is 2.47. The molecule has 4 nitrogen and oxygen atoms in total. The SMILES string of the molecule is CC(C)(C)c1nnsc1C(NN)c1sccc1Br. The van der Waals surface area contributed by atoms with Crippen molar-refractivity contribution in [1.82, 2.24) is 15.0 Å². The van der Waals surface area contributed by atoms with Gasteiger partial charge in [-0.25, -0.2) is 5.43 Å². The van der Waals surface area contributed by atoms with E-state index in [4.69, 9.17) is 5.84 Å². The Bertz CT molecular complexity index is 529. The zero-order chi connectivity index (χ0) is 13.3. The van der Waals surface area contributed by atoms with Gasteiger partial charge in [0.2, 0.25) is 0 Å². The molecule has 0 radical (unpaired) electrons. The van der Waals surface area contributed by atoms with E-state index in [9.17, 15) is 0 Å². The van der Waals surface area contributed by atoms with Crippen LogP contribution in [-0.4, -0.2) is 9.59 Å². The lowest BCUT2D eigenvalue weighted by atomic mass is 9.90. The average Bonchev–Trinajstić information content (AvgIpc) is 2.89. The predicted molar refractivity (Wildman–Crippen MR) is 79.8 cm³/mol. The first-order valence-corrected chi connectivity index (χ1v) is 7.91. The van der Waals surface area contributed by atoms with Gasteiger partial charge in [-0.05, 0) is 38.9 Å². The second-order valence-corrected chi connectivity index (χ2v) is 7.56. The van der Waals surface area contributed by atoms with Crippen LogP contribution in [0.4, 0.5) is 0 Å². The van der Waals surface area contributed by atoms with Gasteiger partial charge in [-0.1, -0.05) is 25.3 Å². The number of nitrogens with two attached hydrogens (primary N) is 1. The molecule has 0 aromatic carbocycles. The highest BCUT2D eigenvalue weighted by atomic mass is 79.9. The lowest BCUT2D eigenvalue weighted by Crippen LogP contribution is -2.30. The number of aromatic nitrogens is 2. The summed E-state index contributed by atoms with van der Waals surface area (Å²) in [5, 5.41) is 6.29. The monoisotopic (exact) mass is 346 g/mol. The molecule has 0 aliphatic rings. The Hall–Kier alpha value is -0.340. The van der Waals surface area contributed by atoms with Crippen molar-refractivity contribution in [3.63, 3.8) is 0 Å². The molecule has 0 aliphatic carbocycles. The van der Waals surface area contributed by atoms with E-state index in [-0.39, 0.29) is 11.5 Å². The molecule has 0 fully saturated rings. The van der Waals surface area contributed by atoms with E-state index in [1.807, 2.05) is 11.4 Å². The van der Waals surface area contributed by atoms with Gasteiger partial charge in [0.15, 0.2) is 0 Å². The fourth-order valence-corrected chi connectivity index (χ4v) is 4.37. The number of hydrazine groups is 1. The molecule has 7 heteroatoms. The van der Waals surface area contributed by atoms with Crippen LogP contribution in [0.3, 0.4) is 0 Å². The van der Waals surface area contributed by atoms with E-state index in [0.29, 0.717) is 0 Å². The van der Waals surface area contributed by atoms with Gasteiger partial charge < -0.3 is 0 Å². The third-order valence-electron chi connectivity index (χ3n) is 2.56. The standard InChI is InChI=1S/C11H15BrN4S2/c1-11(2,3)10-9(18-16-15-10)7(14-13)8-6(12)4-5-17-8/h4-5,7,14H,13H2,1-3H3. The molecular formula is C11H15BrN4S2. The fraction of sp³-hybridized carbons (Fsp3) is 0.455. The number of nitrogens with zero attached hydrogens (tertiary/aromatic N) is 2. The van der Waals surface area contributed by atoms with Crippen molar-refractivity contribution in [3.8, 4) is 0 Å². The van der Waals surface area contributed by atoms with Crippen molar-refractivity contribution in [3.05, 3.63) is 31.4 Å². The van der Waals surface area contributed by atoms with Crippen molar-refractivity contribution in [1.29, 1.82) is 0 Å². The zero-order valence-corrected chi connectivity index (χ0v) is 13.6. The molecule has 98 valence electrons. The molecular weight excluding hydrogens is 332 g/mol. The lowest BCUT2D eigenvalue weighted by Gasteiger charge is -2.21. The number of thiophene rings is 1. The van der Waals surface area contributed by atoms with Gasteiger partial charge in [0.25, 0.3) is 0 Å². The highest BCUT2D eigenvalue weighted by molar-refractivity contribution is 9.10. The minimum absolute atomic E-state index is 0.0405. The molecule has 1 atom stereocenters. The molecule has 2 aromatic heterocycles. The summed E-state index contributed by atoms with van der Waals surface area (Å²) in [6.07, 6.45) is 0. The summed E-state index contributed by atoms with van der Waals surface area (Å²) < 4.78 is 5.14. The quantitative estimate of drug-likeness (QED) is 0.661. The summed E-state index contributed by atoms with van der Waals surface area (Å²) >= 11 is 6.61. The molecule has 2 rings (SSSR count). The van der Waals surface area contributed by atoms with Crippen LogP contribution in [0.2, 0.25) is 0 Å². The van der Waals surface area contributed by atoms with Crippen LogP contribution in [0, 0.1) is 0 Å². The highest BCUT2D eigenvalue weighted by Crippen LogP contribution is 2.38. The topological polar surface area (TPSA) is 63.8 Å². The van der Waals surface area contributed by atoms with Crippen molar-refractivity contribution in [2.45, 2.75) is 32.2 Å². The molecule has 3 N–H and O–H groups in total. The normalized spacial score (nSPS) is 13.8. The number of halogens is 1. The number of hydrogen-bond donors (Lipinski definition) is 2. The van der Waals surface area contributed by atoms with Gasteiger partial charge in [0.05, 0.1) is 16.6 Å². The molecule has 0 saturated heterocycles. The van der Waals surface area contributed by atoms with E-state index in [1.54, 1.807) is 11.3 Å². The zero-order valence-electron chi connectivity index (χ0n) is 10.4. The lowest BCUT2D eigenvalue weighted by molar-refractivity contribution is 0.545. The number of nitrogens with one attached hydrogen (secondary N) is 1. The van der Waals surface area contributed by atoms with Crippen molar-refractivity contribution in [2.75, 3.05) is 0 Å². The Morgan fingerprint density at radius 3 is 2.61 bits per heavy atom. The maximum absolute atomic E-state index is 5.72. The molecule has 18 heavy (non-hydrogen) atoms. The van der Waals surface area contributed by atoms with Crippen molar-refractivity contribution in [2.24, 2.45) is 5.84 Å². The smallest absolute Gasteiger partial charge is 0.0941 e. The first-order chi connectivity index (χ1) is 8.45. The largest absolute Gasteiger partial charge is 0.271 e. The van der Waals surface area contributed by atoms with Crippen LogP contribution in [0.15, 0.2) is 15.9 Å². The molecule has 0 aliphatic heterocycles. The summed E-state index contributed by atoms with van der Waals surface area (Å²) in [4.78, 5) is 2.22. The maximum atomic E-state index is 5.72. The third kappa shape index (κ3) is 2.65. The minimum Gasteiger partial charge on any atom is -0.271 e. The first-order valence-electron chi connectivity index (χ1n) is 5.47. The first kappa shape index (κ1) is 14.1. The van der Waals surface area contributed by atoms with Crippen LogP contribution < -0.4 is 11.3 Å². The van der Waals surface area contributed by atoms with Crippen LogP contribution in [0.25, 0.3) is 0 Å². The second-order valence-electron chi connectivity index (χ2n) is 4.97. The predicted octanol–water partition coefficient (Wildman–Crippen LogP) is 3.21. The van der Waals surface area contributed by atoms with Crippen LogP contribution in [0.5, 0.6) is 0 Å². The van der Waals surface area contributed by atoms with E-state index in [1.165, 1.54) is 11.5 Å². The molecule has 2 aromatic rings. The van der Waals surface area contributed by atoms with Gasteiger partial charge >= 0.3 is 0 Å². The average molecular weight is 347 g/mol. The number of hydrogen-bond acceptors (Lipinski definition) is 6. The van der Waals surface area contributed by atoms with Crippen molar-refractivity contribution < 1.29 is 0 Å². The van der Waals surface area contributed by atoms with E-state index in [0.717, 1.165) is 19.9 Å². The molecule has 0 saturated carbocycles. The molecule has 2 heterocycles. The summed E-state index contributed by atoms with van der Waals surface area (Å²) in [6.45, 7) is 6.39. The van der Waals surface area contributed by atoms with Crippen LogP contribution in [0.1, 0.15) is 42.3 Å². The summed E-state index contributed by atoms with van der Waals surface area (Å²) in [6, 6.07) is 1.96. The maximum Gasteiger partial charge on any atom is 0.0941 e. The Morgan fingerprint density at radius 2 is 2.11 bits per heavy atom. The second kappa shape index (κ2) is 5.34. The van der Waals surface area contributed by atoms with E-state index < -0.39 is 0 Å². The van der Waals surface area contributed by atoms with E-state index >= 15 is 0 Å². The number of rotatable bonds is 3. The Morgan fingerprint density at radius 1 is 1.39 bits per heavy atom. The summed E-state index contributed by atoms with van der Waals surface area (Å²) in [7, 11) is 0. The summed E-state index contributed by atoms with van der Waals surface area (Å²) in [5.74, 6) is 5.72. The van der Waals surface area contributed by atoms with Crippen molar-refractivity contribution >= 4 is 38.8 Å². The van der Waals surface area contributed by atoms with Crippen LogP contribution in [-0.2, 0) is 5.41 Å². The van der Waals surface area contributed by atoms with E-state index in [2.05, 4.69) is 51.7 Å². The van der Waals surface area contributed by atoms with Crippen LogP contribution >= 0.6 is 38.8 Å². The Labute approximate surface area is 123 Å². The minimum atomic E-state index is -0.0615. The molecule has 0 amide bonds. The van der Waals surface area contributed by atoms with Gasteiger partial charge in [-0.2, -0.15) is 0 Å². The highest BCUT2D eigenvalue weighted by Gasteiger charge is 2.29. The fourth-order valence-electron chi connectivity index (χ4n) is 1.69. The molecule has 0 bridgehead atoms. The van der Waals surface area contributed by atoms with Gasteiger partial charge in [0.1, 0.15) is 0 Å². The molecule has 0 spiro atoms. The molecule has 1 unspecified atom stereocenters. The van der Waals surface area contributed by atoms with Gasteiger partial charge in [-0.3, -0.25) is 5.84 Å². The third-order valence-corrected chi connectivity index (χ3v) is 5.28. The summed E-state index contributed by atoms with van der Waals surface area (Å²) in [5.41, 5.74) is 3.83. The van der Waals surface area contributed by atoms with Gasteiger partial charge in [0, 0.05) is 14.8 Å². The Kier molecular flexibility index (Phi) is 4.18.